The highest BCUT2D eigenvalue weighted by molar-refractivity contribution is 9.10. The SMILES string of the molecule is C=CCOC(=O)C(C)(C)Cc1c(SC(C)(C)C)c2cc(OC)ccc2n1Cc1ccc(Br)cc1. The van der Waals surface area contributed by atoms with E-state index in [4.69, 9.17) is 9.47 Å². The van der Waals surface area contributed by atoms with Gasteiger partial charge >= 0.3 is 5.97 Å². The molecule has 3 rings (SSSR count). The van der Waals surface area contributed by atoms with Crippen LogP contribution in [0.2, 0.25) is 0 Å². The first-order chi connectivity index (χ1) is 15.9. The molecule has 0 unspecified atom stereocenters. The lowest BCUT2D eigenvalue weighted by atomic mass is 9.87. The van der Waals surface area contributed by atoms with Gasteiger partial charge in [0.1, 0.15) is 12.4 Å². The average Bonchev–Trinajstić information content (AvgIpc) is 3.03. The average molecular weight is 545 g/mol. The van der Waals surface area contributed by atoms with E-state index >= 15 is 0 Å². The van der Waals surface area contributed by atoms with Crippen molar-refractivity contribution in [3.8, 4) is 5.75 Å². The van der Waals surface area contributed by atoms with E-state index in [0.717, 1.165) is 26.8 Å². The topological polar surface area (TPSA) is 40.5 Å². The number of nitrogens with zero attached hydrogens (tertiary/aromatic N) is 1. The summed E-state index contributed by atoms with van der Waals surface area (Å²) in [4.78, 5) is 14.1. The molecular formula is C28H34BrNO3S. The van der Waals surface area contributed by atoms with Crippen molar-refractivity contribution in [3.63, 3.8) is 0 Å². The highest BCUT2D eigenvalue weighted by Crippen LogP contribution is 2.44. The number of esters is 1. The Balaban J connectivity index is 2.22. The zero-order valence-electron chi connectivity index (χ0n) is 20.9. The zero-order chi connectivity index (χ0) is 25.1. The lowest BCUT2D eigenvalue weighted by Crippen LogP contribution is -2.30. The first-order valence-corrected chi connectivity index (χ1v) is 13.0. The molecule has 0 aliphatic heterocycles. The van der Waals surface area contributed by atoms with Crippen LogP contribution >= 0.6 is 27.7 Å². The highest BCUT2D eigenvalue weighted by atomic mass is 79.9. The molecule has 1 heterocycles. The third-order valence-electron chi connectivity index (χ3n) is 5.48. The molecule has 0 radical (unpaired) electrons. The van der Waals surface area contributed by atoms with Gasteiger partial charge in [-0.1, -0.05) is 61.5 Å². The Bertz CT molecular complexity index is 1170. The van der Waals surface area contributed by atoms with Crippen LogP contribution in [0.4, 0.5) is 0 Å². The number of rotatable bonds is 9. The summed E-state index contributed by atoms with van der Waals surface area (Å²) in [6, 6.07) is 14.6. The van der Waals surface area contributed by atoms with Gasteiger partial charge in [0.15, 0.2) is 0 Å². The maximum atomic E-state index is 12.9. The maximum Gasteiger partial charge on any atom is 0.312 e. The van der Waals surface area contributed by atoms with Crippen LogP contribution in [0.25, 0.3) is 10.9 Å². The van der Waals surface area contributed by atoms with E-state index in [0.29, 0.717) is 13.0 Å². The van der Waals surface area contributed by atoms with Gasteiger partial charge in [0, 0.05) is 43.7 Å². The van der Waals surface area contributed by atoms with Crippen LogP contribution in [0.3, 0.4) is 0 Å². The Kier molecular flexibility index (Phi) is 8.25. The highest BCUT2D eigenvalue weighted by Gasteiger charge is 2.34. The van der Waals surface area contributed by atoms with Crippen molar-refractivity contribution in [2.75, 3.05) is 13.7 Å². The second kappa shape index (κ2) is 10.6. The lowest BCUT2D eigenvalue weighted by molar-refractivity contribution is -0.152. The van der Waals surface area contributed by atoms with Gasteiger partial charge in [0.05, 0.1) is 12.5 Å². The molecule has 0 N–H and O–H groups in total. The quantitative estimate of drug-likeness (QED) is 0.158. The summed E-state index contributed by atoms with van der Waals surface area (Å²) in [7, 11) is 1.69. The Morgan fingerprint density at radius 1 is 1.12 bits per heavy atom. The Morgan fingerprint density at radius 2 is 1.79 bits per heavy atom. The standard InChI is InChI=1S/C28H34BrNO3S/c1-8-15-33-26(31)28(5,6)17-24-25(34-27(2,3)4)22-16-21(32-7)13-14-23(22)30(24)18-19-9-11-20(29)12-10-19/h8-14,16H,1,15,17-18H2,2-7H3. The van der Waals surface area contributed by atoms with Crippen molar-refractivity contribution < 1.29 is 14.3 Å². The Hall–Kier alpha value is -2.18. The molecule has 0 saturated carbocycles. The summed E-state index contributed by atoms with van der Waals surface area (Å²) in [5.41, 5.74) is 2.75. The van der Waals surface area contributed by atoms with Crippen molar-refractivity contribution in [1.29, 1.82) is 0 Å². The molecule has 2 aromatic carbocycles. The number of hydrogen-bond donors (Lipinski definition) is 0. The predicted molar refractivity (Wildman–Crippen MR) is 146 cm³/mol. The van der Waals surface area contributed by atoms with Gasteiger partial charge in [0.2, 0.25) is 0 Å². The summed E-state index contributed by atoms with van der Waals surface area (Å²) >= 11 is 5.36. The number of methoxy groups -OCH3 is 1. The second-order valence-electron chi connectivity index (χ2n) is 10.0. The first kappa shape index (κ1) is 26.4. The third-order valence-corrected chi connectivity index (χ3v) is 7.28. The van der Waals surface area contributed by atoms with Gasteiger partial charge in [-0.25, -0.2) is 0 Å². The van der Waals surface area contributed by atoms with E-state index in [9.17, 15) is 4.79 Å². The fourth-order valence-electron chi connectivity index (χ4n) is 3.85. The second-order valence-corrected chi connectivity index (χ2v) is 12.8. The molecule has 0 atom stereocenters. The Morgan fingerprint density at radius 3 is 2.38 bits per heavy atom. The molecular weight excluding hydrogens is 510 g/mol. The fraction of sp³-hybridized carbons (Fsp3) is 0.393. The smallest absolute Gasteiger partial charge is 0.312 e. The van der Waals surface area contributed by atoms with Crippen LogP contribution in [0, 0.1) is 5.41 Å². The third kappa shape index (κ3) is 6.28. The van der Waals surface area contributed by atoms with Crippen molar-refractivity contribution in [3.05, 3.63) is 70.8 Å². The largest absolute Gasteiger partial charge is 0.497 e. The summed E-state index contributed by atoms with van der Waals surface area (Å²) in [6.45, 7) is 15.1. The maximum absolute atomic E-state index is 12.9. The minimum Gasteiger partial charge on any atom is -0.497 e. The monoisotopic (exact) mass is 543 g/mol. The summed E-state index contributed by atoms with van der Waals surface area (Å²) in [5, 5.41) is 1.14. The number of benzene rings is 2. The normalized spacial score (nSPS) is 12.1. The molecule has 0 bridgehead atoms. The molecule has 3 aromatic rings. The minimum atomic E-state index is -0.702. The number of ether oxygens (including phenoxy) is 2. The van der Waals surface area contributed by atoms with Crippen molar-refractivity contribution in [1.82, 2.24) is 4.57 Å². The van der Waals surface area contributed by atoms with E-state index in [1.165, 1.54) is 10.5 Å². The van der Waals surface area contributed by atoms with Gasteiger partial charge in [-0.05, 0) is 49.7 Å². The molecule has 0 saturated heterocycles. The van der Waals surface area contributed by atoms with Crippen LogP contribution < -0.4 is 4.74 Å². The minimum absolute atomic E-state index is 0.0119. The van der Waals surface area contributed by atoms with Crippen molar-refractivity contribution >= 4 is 44.6 Å². The summed E-state index contributed by atoms with van der Waals surface area (Å²) in [6.07, 6.45) is 2.15. The molecule has 0 amide bonds. The number of halogens is 1. The predicted octanol–water partition coefficient (Wildman–Crippen LogP) is 7.65. The molecule has 0 aliphatic rings. The molecule has 0 fully saturated rings. The molecule has 182 valence electrons. The van der Waals surface area contributed by atoms with Gasteiger partial charge in [0.25, 0.3) is 0 Å². The number of thioether (sulfide) groups is 1. The van der Waals surface area contributed by atoms with Crippen LogP contribution in [0.15, 0.2) is 64.5 Å². The van der Waals surface area contributed by atoms with Gasteiger partial charge in [-0.3, -0.25) is 4.79 Å². The van der Waals surface area contributed by atoms with Crippen molar-refractivity contribution in [2.24, 2.45) is 5.41 Å². The van der Waals surface area contributed by atoms with Crippen molar-refractivity contribution in [2.45, 2.75) is 57.2 Å². The van der Waals surface area contributed by atoms with Gasteiger partial charge < -0.3 is 14.0 Å². The van der Waals surface area contributed by atoms with E-state index < -0.39 is 5.41 Å². The van der Waals surface area contributed by atoms with Gasteiger partial charge in [-0.15, -0.1) is 11.8 Å². The molecule has 1 aromatic heterocycles. The van der Waals surface area contributed by atoms with E-state index in [1.54, 1.807) is 13.2 Å². The number of carbonyl (C=O) groups excluding carboxylic acids is 1. The fourth-order valence-corrected chi connectivity index (χ4v) is 5.30. The molecule has 0 spiro atoms. The number of hydrogen-bond acceptors (Lipinski definition) is 4. The van der Waals surface area contributed by atoms with E-state index in [-0.39, 0.29) is 17.3 Å². The van der Waals surface area contributed by atoms with Crippen LogP contribution in [-0.4, -0.2) is 29.0 Å². The molecule has 34 heavy (non-hydrogen) atoms. The van der Waals surface area contributed by atoms with Crippen LogP contribution in [0.5, 0.6) is 5.75 Å². The molecule has 6 heteroatoms. The number of fused-ring (bicyclic) bond motifs is 1. The molecule has 4 nitrogen and oxygen atoms in total. The van der Waals surface area contributed by atoms with E-state index in [2.05, 4.69) is 84.2 Å². The van der Waals surface area contributed by atoms with E-state index in [1.807, 2.05) is 31.7 Å². The molecule has 0 aliphatic carbocycles. The Labute approximate surface area is 215 Å². The first-order valence-electron chi connectivity index (χ1n) is 11.4. The zero-order valence-corrected chi connectivity index (χ0v) is 23.3. The van der Waals surface area contributed by atoms with Gasteiger partial charge in [-0.2, -0.15) is 0 Å². The number of aromatic nitrogens is 1. The summed E-state index contributed by atoms with van der Waals surface area (Å²) in [5.74, 6) is 0.595. The summed E-state index contributed by atoms with van der Waals surface area (Å²) < 4.78 is 14.4. The lowest BCUT2D eigenvalue weighted by Gasteiger charge is -2.26. The van der Waals surface area contributed by atoms with Crippen LogP contribution in [-0.2, 0) is 22.5 Å². The van der Waals surface area contributed by atoms with Crippen LogP contribution in [0.1, 0.15) is 45.9 Å². The number of carbonyl (C=O) groups is 1.